The number of carbonyl (C=O) groups is 2. The van der Waals surface area contributed by atoms with Crippen molar-refractivity contribution in [2.75, 3.05) is 39.5 Å². The molecule has 0 radical (unpaired) electrons. The van der Waals surface area contributed by atoms with Crippen molar-refractivity contribution in [3.63, 3.8) is 0 Å². The topological polar surface area (TPSA) is 85.2 Å². The molecule has 1 aliphatic rings. The van der Waals surface area contributed by atoms with Crippen LogP contribution in [-0.4, -0.2) is 66.7 Å². The van der Waals surface area contributed by atoms with Crippen molar-refractivity contribution >= 4 is 29.0 Å². The van der Waals surface area contributed by atoms with E-state index >= 15 is 0 Å². The number of hydrogen-bond donors (Lipinski definition) is 2. The van der Waals surface area contributed by atoms with Gasteiger partial charge in [-0.3, -0.25) is 14.6 Å². The number of carboxylic acids is 1. The van der Waals surface area contributed by atoms with E-state index in [1.807, 2.05) is 48.5 Å². The number of carbonyl (C=O) groups excluding carboxylic acids is 1. The van der Waals surface area contributed by atoms with Gasteiger partial charge in [-0.15, -0.1) is 0 Å². The number of nitrogens with one attached hydrogen (secondary N) is 1. The van der Waals surface area contributed by atoms with Gasteiger partial charge < -0.3 is 20.2 Å². The highest BCUT2D eigenvalue weighted by Gasteiger charge is 2.35. The molecule has 1 heterocycles. The molecule has 1 aliphatic heterocycles. The number of aliphatic carboxylic acids is 1. The molecule has 0 spiro atoms. The molecular weight excluding hydrogens is 483 g/mol. The molecule has 0 aromatic heterocycles. The Bertz CT molecular complexity index is 1340. The Morgan fingerprint density at radius 3 is 2.47 bits per heavy atom. The van der Waals surface area contributed by atoms with Gasteiger partial charge in [0.15, 0.2) is 0 Å². The number of carboxylic acid groups (broad SMARTS) is 1. The molecule has 1 amide bonds. The number of anilines is 1. The van der Waals surface area contributed by atoms with Crippen molar-refractivity contribution in [2.24, 2.45) is 4.99 Å². The Morgan fingerprint density at radius 2 is 1.76 bits per heavy atom. The van der Waals surface area contributed by atoms with Gasteiger partial charge >= 0.3 is 5.97 Å². The highest BCUT2D eigenvalue weighted by molar-refractivity contribution is 6.24. The average Bonchev–Trinajstić information content (AvgIpc) is 3.20. The first-order chi connectivity index (χ1) is 18.2. The second kappa shape index (κ2) is 12.1. The van der Waals surface area contributed by atoms with Crippen LogP contribution in [0, 0.1) is 5.82 Å². The van der Waals surface area contributed by atoms with Crippen LogP contribution in [0.1, 0.15) is 34.6 Å². The zero-order valence-electron chi connectivity index (χ0n) is 21.9. The van der Waals surface area contributed by atoms with Crippen molar-refractivity contribution in [1.82, 2.24) is 9.80 Å². The minimum Gasteiger partial charge on any atom is -0.481 e. The predicted molar refractivity (Wildman–Crippen MR) is 148 cm³/mol. The van der Waals surface area contributed by atoms with Crippen LogP contribution in [0.15, 0.2) is 71.7 Å². The van der Waals surface area contributed by atoms with E-state index < -0.39 is 17.7 Å². The van der Waals surface area contributed by atoms with Crippen LogP contribution < -0.4 is 5.32 Å². The first kappa shape index (κ1) is 27.2. The average molecular weight is 517 g/mol. The molecule has 0 aliphatic carbocycles. The van der Waals surface area contributed by atoms with E-state index in [4.69, 9.17) is 10.1 Å². The normalized spacial score (nSPS) is 15.2. The third kappa shape index (κ3) is 6.90. The molecular formula is C30H33FN4O3. The number of likely N-dealkylation sites (N-methyl/N-ethyl adjacent to an activating group) is 2. The number of benzene rings is 3. The Hall–Kier alpha value is -3.88. The van der Waals surface area contributed by atoms with E-state index in [9.17, 15) is 14.0 Å². The third-order valence-electron chi connectivity index (χ3n) is 6.54. The molecule has 3 aromatic carbocycles. The molecule has 1 unspecified atom stereocenters. The largest absolute Gasteiger partial charge is 0.481 e. The van der Waals surface area contributed by atoms with Gasteiger partial charge in [0, 0.05) is 31.7 Å². The van der Waals surface area contributed by atoms with Crippen molar-refractivity contribution in [2.45, 2.75) is 25.3 Å². The van der Waals surface area contributed by atoms with Gasteiger partial charge in [0.05, 0.1) is 11.4 Å². The number of nitrogens with zero attached hydrogens (tertiary/aromatic N) is 3. The number of fused-ring (bicyclic) bond motifs is 1. The molecule has 0 fully saturated rings. The third-order valence-corrected chi connectivity index (χ3v) is 6.54. The summed E-state index contributed by atoms with van der Waals surface area (Å²) in [7, 11) is 6.20. The Labute approximate surface area is 222 Å². The molecule has 0 saturated heterocycles. The maximum Gasteiger partial charge on any atom is 0.303 e. The van der Waals surface area contributed by atoms with E-state index in [-0.39, 0.29) is 12.3 Å². The SMILES string of the molecule is CN(C)CCN(C)Cc1ccc(N=C(c2cccc(CCC(=O)O)c2)C2C(=O)Nc3cc(F)ccc32)cc1. The van der Waals surface area contributed by atoms with Gasteiger partial charge in [-0.2, -0.15) is 0 Å². The summed E-state index contributed by atoms with van der Waals surface area (Å²) in [5.41, 5.74) is 5.03. The maximum absolute atomic E-state index is 13.9. The molecule has 0 bridgehead atoms. The fourth-order valence-electron chi connectivity index (χ4n) is 4.52. The van der Waals surface area contributed by atoms with Crippen molar-refractivity contribution < 1.29 is 19.1 Å². The molecule has 2 N–H and O–H groups in total. The lowest BCUT2D eigenvalue weighted by Gasteiger charge is -2.19. The molecule has 198 valence electrons. The van der Waals surface area contributed by atoms with Gasteiger partial charge in [-0.05, 0) is 80.1 Å². The zero-order valence-corrected chi connectivity index (χ0v) is 21.9. The fraction of sp³-hybridized carbons (Fsp3) is 0.300. The molecule has 4 rings (SSSR count). The Kier molecular flexibility index (Phi) is 8.66. The second-order valence-electron chi connectivity index (χ2n) is 9.95. The molecule has 0 saturated carbocycles. The van der Waals surface area contributed by atoms with Crippen molar-refractivity contribution in [3.05, 3.63) is 94.8 Å². The molecule has 1 atom stereocenters. The number of amides is 1. The molecule has 7 nitrogen and oxygen atoms in total. The lowest BCUT2D eigenvalue weighted by atomic mass is 9.89. The van der Waals surface area contributed by atoms with E-state index in [0.29, 0.717) is 29.1 Å². The highest BCUT2D eigenvalue weighted by atomic mass is 19.1. The lowest BCUT2D eigenvalue weighted by molar-refractivity contribution is -0.137. The van der Waals surface area contributed by atoms with Gasteiger partial charge in [0.25, 0.3) is 0 Å². The molecule has 8 heteroatoms. The molecule has 38 heavy (non-hydrogen) atoms. The van der Waals surface area contributed by atoms with Crippen LogP contribution in [0.4, 0.5) is 15.8 Å². The summed E-state index contributed by atoms with van der Waals surface area (Å²) in [6.45, 7) is 2.73. The number of halogens is 1. The summed E-state index contributed by atoms with van der Waals surface area (Å²) in [5, 5.41) is 11.9. The zero-order chi connectivity index (χ0) is 27.2. The van der Waals surface area contributed by atoms with Crippen LogP contribution in [-0.2, 0) is 22.6 Å². The lowest BCUT2D eigenvalue weighted by Crippen LogP contribution is -2.28. The van der Waals surface area contributed by atoms with Gasteiger partial charge in [-0.25, -0.2) is 4.39 Å². The summed E-state index contributed by atoms with van der Waals surface area (Å²) < 4.78 is 13.9. The van der Waals surface area contributed by atoms with Gasteiger partial charge in [-0.1, -0.05) is 36.4 Å². The quantitative estimate of drug-likeness (QED) is 0.361. The number of aryl methyl sites for hydroxylation is 1. The summed E-state index contributed by atoms with van der Waals surface area (Å²) in [6, 6.07) is 19.7. The van der Waals surface area contributed by atoms with Crippen LogP contribution in [0.5, 0.6) is 0 Å². The smallest absolute Gasteiger partial charge is 0.303 e. The highest BCUT2D eigenvalue weighted by Crippen LogP contribution is 2.37. The Balaban J connectivity index is 1.68. The van der Waals surface area contributed by atoms with Gasteiger partial charge in [0.2, 0.25) is 5.91 Å². The molecule has 3 aromatic rings. The maximum atomic E-state index is 13.9. The van der Waals surface area contributed by atoms with E-state index in [1.165, 1.54) is 12.1 Å². The van der Waals surface area contributed by atoms with E-state index in [0.717, 1.165) is 36.3 Å². The van der Waals surface area contributed by atoms with Crippen LogP contribution in [0.2, 0.25) is 0 Å². The number of aliphatic imine (C=N–C) groups is 1. The van der Waals surface area contributed by atoms with E-state index in [1.54, 1.807) is 6.07 Å². The first-order valence-corrected chi connectivity index (χ1v) is 12.6. The summed E-state index contributed by atoms with van der Waals surface area (Å²) in [6.07, 6.45) is 0.373. The van der Waals surface area contributed by atoms with Crippen LogP contribution in [0.3, 0.4) is 0 Å². The monoisotopic (exact) mass is 516 g/mol. The summed E-state index contributed by atoms with van der Waals surface area (Å²) in [4.78, 5) is 33.6. The van der Waals surface area contributed by atoms with Gasteiger partial charge in [0.1, 0.15) is 11.7 Å². The minimum absolute atomic E-state index is 0.00636. The van der Waals surface area contributed by atoms with Crippen LogP contribution >= 0.6 is 0 Å². The second-order valence-corrected chi connectivity index (χ2v) is 9.95. The fourth-order valence-corrected chi connectivity index (χ4v) is 4.52. The number of hydrogen-bond acceptors (Lipinski definition) is 5. The Morgan fingerprint density at radius 1 is 1.00 bits per heavy atom. The predicted octanol–water partition coefficient (Wildman–Crippen LogP) is 4.69. The van der Waals surface area contributed by atoms with Crippen LogP contribution in [0.25, 0.3) is 0 Å². The van der Waals surface area contributed by atoms with Crippen molar-refractivity contribution in [3.8, 4) is 0 Å². The number of rotatable bonds is 11. The summed E-state index contributed by atoms with van der Waals surface area (Å²) in [5.74, 6) is -2.30. The summed E-state index contributed by atoms with van der Waals surface area (Å²) >= 11 is 0. The first-order valence-electron chi connectivity index (χ1n) is 12.6. The van der Waals surface area contributed by atoms with Crippen molar-refractivity contribution in [1.29, 1.82) is 0 Å². The van der Waals surface area contributed by atoms with E-state index in [2.05, 4.69) is 36.3 Å². The standard InChI is InChI=1S/C30H33FN4O3/c1-34(2)15-16-35(3)19-21-7-11-24(12-8-21)32-29(22-6-4-5-20(17-22)9-14-27(36)37)28-25-13-10-23(31)18-26(25)33-30(28)38/h4-8,10-13,17-18,28H,9,14-16,19H2,1-3H3,(H,33,38)(H,36,37). The minimum atomic E-state index is -0.872.